The van der Waals surface area contributed by atoms with Crippen molar-refractivity contribution in [1.29, 1.82) is 0 Å². The molecule has 0 radical (unpaired) electrons. The zero-order chi connectivity index (χ0) is 11.1. The third-order valence-corrected chi connectivity index (χ3v) is 1.73. The van der Waals surface area contributed by atoms with Gasteiger partial charge in [-0.3, -0.25) is 0 Å². The van der Waals surface area contributed by atoms with Crippen molar-refractivity contribution in [3.05, 3.63) is 23.3 Å². The van der Waals surface area contributed by atoms with Gasteiger partial charge in [0.1, 0.15) is 5.82 Å². The van der Waals surface area contributed by atoms with Gasteiger partial charge in [0.25, 0.3) is 0 Å². The van der Waals surface area contributed by atoms with E-state index >= 15 is 0 Å². The van der Waals surface area contributed by atoms with Gasteiger partial charge in [-0.05, 0) is 33.5 Å². The first-order chi connectivity index (χ1) is 6.59. The van der Waals surface area contributed by atoms with E-state index in [1.54, 1.807) is 0 Å². The molecule has 0 bridgehead atoms. The van der Waals surface area contributed by atoms with Crippen LogP contribution in [-0.4, -0.2) is 29.0 Å². The third kappa shape index (κ3) is 4.33. The predicted octanol–water partition coefficient (Wildman–Crippen LogP) is 2.18. The van der Waals surface area contributed by atoms with Crippen LogP contribution in [0.5, 0.6) is 0 Å². The molecule has 0 atom stereocenters. The first kappa shape index (κ1) is 13.0. The maximum absolute atomic E-state index is 4.36. The average molecular weight is 195 g/mol. The first-order valence-corrected chi connectivity index (χ1v) is 5.03. The van der Waals surface area contributed by atoms with E-state index in [9.17, 15) is 0 Å². The highest BCUT2D eigenvalue weighted by Gasteiger charge is 2.00. The Balaban J connectivity index is 0.000000791. The van der Waals surface area contributed by atoms with Crippen LogP contribution in [0.4, 0.5) is 0 Å². The van der Waals surface area contributed by atoms with Crippen LogP contribution in [0.25, 0.3) is 0 Å². The molecular weight excluding hydrogens is 174 g/mol. The van der Waals surface area contributed by atoms with Crippen LogP contribution in [0, 0.1) is 13.8 Å². The molecule has 0 saturated carbocycles. The molecule has 0 N–H and O–H groups in total. The Hall–Kier alpha value is -0.960. The van der Waals surface area contributed by atoms with E-state index in [1.165, 1.54) is 0 Å². The minimum absolute atomic E-state index is 0.807. The van der Waals surface area contributed by atoms with Gasteiger partial charge >= 0.3 is 0 Å². The predicted molar refractivity (Wildman–Crippen MR) is 60.2 cm³/mol. The van der Waals surface area contributed by atoms with Crippen LogP contribution >= 0.6 is 0 Å². The maximum atomic E-state index is 4.36. The Morgan fingerprint density at radius 1 is 1.21 bits per heavy atom. The maximum Gasteiger partial charge on any atom is 0.142 e. The SMILES string of the molecule is CC.Cc1cnc(CN(C)C)nc1C. The number of aromatic nitrogens is 2. The largest absolute Gasteiger partial charge is 0.302 e. The quantitative estimate of drug-likeness (QED) is 0.724. The molecule has 0 aromatic carbocycles. The summed E-state index contributed by atoms with van der Waals surface area (Å²) in [5, 5.41) is 0. The van der Waals surface area contributed by atoms with Gasteiger partial charge in [-0.1, -0.05) is 13.8 Å². The number of nitrogens with zero attached hydrogens (tertiary/aromatic N) is 3. The molecule has 0 fully saturated rings. The molecule has 0 aliphatic rings. The molecule has 0 aliphatic heterocycles. The van der Waals surface area contributed by atoms with Crippen LogP contribution in [-0.2, 0) is 6.54 Å². The number of aryl methyl sites for hydroxylation is 2. The summed E-state index contributed by atoms with van der Waals surface area (Å²) in [6.07, 6.45) is 1.88. The summed E-state index contributed by atoms with van der Waals surface area (Å²) >= 11 is 0. The molecule has 1 rings (SSSR count). The molecule has 1 aromatic rings. The lowest BCUT2D eigenvalue weighted by atomic mass is 10.3. The van der Waals surface area contributed by atoms with Gasteiger partial charge < -0.3 is 4.90 Å². The molecule has 80 valence electrons. The molecule has 0 unspecified atom stereocenters. The molecule has 0 spiro atoms. The second kappa shape index (κ2) is 6.49. The van der Waals surface area contributed by atoms with Gasteiger partial charge in [0.2, 0.25) is 0 Å². The second-order valence-corrected chi connectivity index (χ2v) is 3.29. The molecule has 0 amide bonds. The van der Waals surface area contributed by atoms with Gasteiger partial charge in [0, 0.05) is 11.9 Å². The van der Waals surface area contributed by atoms with Crippen LogP contribution in [0.15, 0.2) is 6.20 Å². The van der Waals surface area contributed by atoms with Gasteiger partial charge in [-0.15, -0.1) is 0 Å². The molecule has 0 saturated heterocycles. The van der Waals surface area contributed by atoms with E-state index in [1.807, 2.05) is 48.0 Å². The van der Waals surface area contributed by atoms with Crippen molar-refractivity contribution in [1.82, 2.24) is 14.9 Å². The molecule has 1 aromatic heterocycles. The highest BCUT2D eigenvalue weighted by Crippen LogP contribution is 2.02. The molecule has 3 heteroatoms. The highest BCUT2D eigenvalue weighted by molar-refractivity contribution is 5.13. The molecule has 3 nitrogen and oxygen atoms in total. The van der Waals surface area contributed by atoms with Crippen LogP contribution < -0.4 is 0 Å². The van der Waals surface area contributed by atoms with Crippen LogP contribution in [0.2, 0.25) is 0 Å². The number of hydrogen-bond donors (Lipinski definition) is 0. The van der Waals surface area contributed by atoms with Crippen molar-refractivity contribution < 1.29 is 0 Å². The van der Waals surface area contributed by atoms with Crippen molar-refractivity contribution in [3.8, 4) is 0 Å². The zero-order valence-corrected chi connectivity index (χ0v) is 10.1. The third-order valence-electron chi connectivity index (χ3n) is 1.73. The lowest BCUT2D eigenvalue weighted by Crippen LogP contribution is -2.13. The summed E-state index contributed by atoms with van der Waals surface area (Å²) in [4.78, 5) is 10.6. The van der Waals surface area contributed by atoms with Gasteiger partial charge in [0.15, 0.2) is 0 Å². The van der Waals surface area contributed by atoms with E-state index in [0.717, 1.165) is 23.6 Å². The Kier molecular flexibility index (Phi) is 6.04. The smallest absolute Gasteiger partial charge is 0.142 e. The zero-order valence-electron chi connectivity index (χ0n) is 10.1. The van der Waals surface area contributed by atoms with E-state index in [-0.39, 0.29) is 0 Å². The van der Waals surface area contributed by atoms with E-state index < -0.39 is 0 Å². The fourth-order valence-corrected chi connectivity index (χ4v) is 0.934. The lowest BCUT2D eigenvalue weighted by Gasteiger charge is -2.08. The van der Waals surface area contributed by atoms with Crippen molar-refractivity contribution in [2.75, 3.05) is 14.1 Å². The topological polar surface area (TPSA) is 29.0 Å². The van der Waals surface area contributed by atoms with E-state index in [2.05, 4.69) is 14.9 Å². The minimum Gasteiger partial charge on any atom is -0.302 e. The normalized spacial score (nSPS) is 9.64. The number of rotatable bonds is 2. The standard InChI is InChI=1S/C9H15N3.C2H6/c1-7-5-10-9(6-12(3)4)11-8(7)2;1-2/h5H,6H2,1-4H3;1-2H3. The van der Waals surface area contributed by atoms with Gasteiger partial charge in [0.05, 0.1) is 6.54 Å². The summed E-state index contributed by atoms with van der Waals surface area (Å²) in [6, 6.07) is 0. The molecule has 14 heavy (non-hydrogen) atoms. The van der Waals surface area contributed by atoms with Crippen molar-refractivity contribution in [3.63, 3.8) is 0 Å². The Morgan fingerprint density at radius 3 is 2.21 bits per heavy atom. The summed E-state index contributed by atoms with van der Waals surface area (Å²) in [6.45, 7) is 8.84. The van der Waals surface area contributed by atoms with Gasteiger partial charge in [-0.2, -0.15) is 0 Å². The molecular formula is C11H21N3. The van der Waals surface area contributed by atoms with Gasteiger partial charge in [-0.25, -0.2) is 9.97 Å². The summed E-state index contributed by atoms with van der Waals surface area (Å²) in [7, 11) is 4.02. The minimum atomic E-state index is 0.807. The summed E-state index contributed by atoms with van der Waals surface area (Å²) < 4.78 is 0. The molecule has 0 aliphatic carbocycles. The van der Waals surface area contributed by atoms with Crippen LogP contribution in [0.3, 0.4) is 0 Å². The fourth-order valence-electron chi connectivity index (χ4n) is 0.934. The Morgan fingerprint density at radius 2 is 1.79 bits per heavy atom. The number of hydrogen-bond acceptors (Lipinski definition) is 3. The van der Waals surface area contributed by atoms with Crippen molar-refractivity contribution >= 4 is 0 Å². The fraction of sp³-hybridized carbons (Fsp3) is 0.636. The Bertz CT molecular complexity index is 269. The van der Waals surface area contributed by atoms with E-state index in [0.29, 0.717) is 0 Å². The lowest BCUT2D eigenvalue weighted by molar-refractivity contribution is 0.389. The first-order valence-electron chi connectivity index (χ1n) is 5.03. The Labute approximate surface area is 87.2 Å². The second-order valence-electron chi connectivity index (χ2n) is 3.29. The van der Waals surface area contributed by atoms with Crippen LogP contribution in [0.1, 0.15) is 30.9 Å². The highest BCUT2D eigenvalue weighted by atomic mass is 15.1. The van der Waals surface area contributed by atoms with E-state index in [4.69, 9.17) is 0 Å². The van der Waals surface area contributed by atoms with Crippen molar-refractivity contribution in [2.45, 2.75) is 34.2 Å². The van der Waals surface area contributed by atoms with Crippen molar-refractivity contribution in [2.24, 2.45) is 0 Å². The monoisotopic (exact) mass is 195 g/mol. The summed E-state index contributed by atoms with van der Waals surface area (Å²) in [5.41, 5.74) is 2.22. The average Bonchev–Trinajstić information content (AvgIpc) is 2.14. The summed E-state index contributed by atoms with van der Waals surface area (Å²) in [5.74, 6) is 0.892. The molecule has 1 heterocycles.